The van der Waals surface area contributed by atoms with E-state index in [9.17, 15) is 0 Å². The molecule has 0 aromatic rings. The summed E-state index contributed by atoms with van der Waals surface area (Å²) in [5.74, 6) is 0. The highest BCUT2D eigenvalue weighted by Crippen LogP contribution is 2.22. The van der Waals surface area contributed by atoms with E-state index in [1.54, 1.807) is 0 Å². The second kappa shape index (κ2) is 3.46. The molecule has 0 spiro atoms. The van der Waals surface area contributed by atoms with Crippen molar-refractivity contribution in [3.05, 3.63) is 12.3 Å². The van der Waals surface area contributed by atoms with Crippen molar-refractivity contribution in [2.75, 3.05) is 13.2 Å². The van der Waals surface area contributed by atoms with Gasteiger partial charge < -0.3 is 9.64 Å². The number of rotatable bonds is 1. The third kappa shape index (κ3) is 1.62. The number of hydrogen-bond acceptors (Lipinski definition) is 3. The van der Waals surface area contributed by atoms with Crippen LogP contribution in [-0.2, 0) is 4.74 Å². The fourth-order valence-electron chi connectivity index (χ4n) is 1.74. The molecule has 0 bridgehead atoms. The van der Waals surface area contributed by atoms with Crippen LogP contribution in [0.4, 0.5) is 0 Å². The van der Waals surface area contributed by atoms with Crippen LogP contribution in [0.15, 0.2) is 12.3 Å². The predicted molar refractivity (Wildman–Crippen MR) is 47.4 cm³/mol. The lowest BCUT2D eigenvalue weighted by molar-refractivity contribution is -0.0306. The normalized spacial score (nSPS) is 35.9. The molecule has 3 nitrogen and oxygen atoms in total. The maximum absolute atomic E-state index is 5.74. The van der Waals surface area contributed by atoms with Crippen molar-refractivity contribution >= 4 is 0 Å². The lowest BCUT2D eigenvalue weighted by Crippen LogP contribution is -2.40. The van der Waals surface area contributed by atoms with Crippen molar-refractivity contribution in [3.63, 3.8) is 0 Å². The van der Waals surface area contributed by atoms with Gasteiger partial charge in [0.05, 0.1) is 12.8 Å². The number of ether oxygens (including phenoxy) is 1. The maximum atomic E-state index is 5.74. The molecule has 12 heavy (non-hydrogen) atoms. The summed E-state index contributed by atoms with van der Waals surface area (Å²) in [5.41, 5.74) is 0. The molecule has 0 aliphatic carbocycles. The standard InChI is InChI=1S/C9H16N2O/c1-8-3-4-9(12-8)11-6-2-5-10-7-11/h2,6,8-10H,3-5,7H2,1H3. The molecule has 68 valence electrons. The Labute approximate surface area is 73.4 Å². The van der Waals surface area contributed by atoms with E-state index in [1.807, 2.05) is 0 Å². The smallest absolute Gasteiger partial charge is 0.131 e. The minimum atomic E-state index is 0.309. The molecule has 2 unspecified atom stereocenters. The van der Waals surface area contributed by atoms with Gasteiger partial charge in [0.1, 0.15) is 6.23 Å². The highest BCUT2D eigenvalue weighted by atomic mass is 16.5. The van der Waals surface area contributed by atoms with Gasteiger partial charge in [-0.05, 0) is 19.8 Å². The zero-order chi connectivity index (χ0) is 8.39. The molecule has 1 N–H and O–H groups in total. The van der Waals surface area contributed by atoms with Crippen molar-refractivity contribution < 1.29 is 4.74 Å². The lowest BCUT2D eigenvalue weighted by Gasteiger charge is -2.29. The SMILES string of the molecule is CC1CCC(N2C=CCNC2)O1. The summed E-state index contributed by atoms with van der Waals surface area (Å²) >= 11 is 0. The highest BCUT2D eigenvalue weighted by Gasteiger charge is 2.25. The van der Waals surface area contributed by atoms with E-state index < -0.39 is 0 Å². The Bertz CT molecular complexity index is 181. The lowest BCUT2D eigenvalue weighted by atomic mass is 10.2. The molecule has 2 rings (SSSR count). The van der Waals surface area contributed by atoms with Gasteiger partial charge in [-0.1, -0.05) is 6.08 Å². The molecule has 2 heterocycles. The van der Waals surface area contributed by atoms with Crippen LogP contribution in [0.5, 0.6) is 0 Å². The van der Waals surface area contributed by atoms with E-state index in [-0.39, 0.29) is 0 Å². The Morgan fingerprint density at radius 2 is 2.42 bits per heavy atom. The van der Waals surface area contributed by atoms with Crippen molar-refractivity contribution in [1.29, 1.82) is 0 Å². The van der Waals surface area contributed by atoms with Crippen LogP contribution in [-0.4, -0.2) is 30.4 Å². The number of hydrogen-bond donors (Lipinski definition) is 1. The molecular formula is C9H16N2O. The van der Waals surface area contributed by atoms with Crippen LogP contribution < -0.4 is 5.32 Å². The maximum Gasteiger partial charge on any atom is 0.131 e. The topological polar surface area (TPSA) is 24.5 Å². The van der Waals surface area contributed by atoms with Crippen molar-refractivity contribution in [2.45, 2.75) is 32.1 Å². The first-order valence-corrected chi connectivity index (χ1v) is 4.65. The molecule has 2 atom stereocenters. The van der Waals surface area contributed by atoms with E-state index in [0.29, 0.717) is 12.3 Å². The van der Waals surface area contributed by atoms with Gasteiger partial charge in [0.25, 0.3) is 0 Å². The molecular weight excluding hydrogens is 152 g/mol. The molecule has 0 aromatic heterocycles. The molecule has 0 radical (unpaired) electrons. The average Bonchev–Trinajstić information content (AvgIpc) is 2.54. The van der Waals surface area contributed by atoms with E-state index in [1.165, 1.54) is 6.42 Å². The summed E-state index contributed by atoms with van der Waals surface area (Å²) in [7, 11) is 0. The van der Waals surface area contributed by atoms with E-state index >= 15 is 0 Å². The fourth-order valence-corrected chi connectivity index (χ4v) is 1.74. The predicted octanol–water partition coefficient (Wildman–Crippen LogP) is 0.888. The summed E-state index contributed by atoms with van der Waals surface area (Å²) in [6.45, 7) is 4.05. The van der Waals surface area contributed by atoms with Crippen LogP contribution >= 0.6 is 0 Å². The molecule has 2 aliphatic heterocycles. The van der Waals surface area contributed by atoms with Gasteiger partial charge in [-0.25, -0.2) is 0 Å². The van der Waals surface area contributed by atoms with Crippen molar-refractivity contribution in [1.82, 2.24) is 10.2 Å². The molecule has 1 saturated heterocycles. The fraction of sp³-hybridized carbons (Fsp3) is 0.778. The molecule has 0 aromatic carbocycles. The van der Waals surface area contributed by atoms with Gasteiger partial charge >= 0.3 is 0 Å². The number of nitrogens with zero attached hydrogens (tertiary/aromatic N) is 1. The third-order valence-corrected chi connectivity index (χ3v) is 2.43. The van der Waals surface area contributed by atoms with Gasteiger partial charge in [0.15, 0.2) is 0 Å². The Morgan fingerprint density at radius 3 is 3.00 bits per heavy atom. The minimum absolute atomic E-state index is 0.309. The average molecular weight is 168 g/mol. The van der Waals surface area contributed by atoms with Gasteiger partial charge in [0.2, 0.25) is 0 Å². The number of nitrogens with one attached hydrogen (secondary N) is 1. The molecule has 1 fully saturated rings. The zero-order valence-corrected chi connectivity index (χ0v) is 7.49. The van der Waals surface area contributed by atoms with Gasteiger partial charge in [-0.15, -0.1) is 0 Å². The van der Waals surface area contributed by atoms with Gasteiger partial charge in [-0.3, -0.25) is 5.32 Å². The second-order valence-corrected chi connectivity index (χ2v) is 3.49. The largest absolute Gasteiger partial charge is 0.355 e. The molecule has 3 heteroatoms. The first kappa shape index (κ1) is 8.08. The van der Waals surface area contributed by atoms with Crippen LogP contribution in [0.1, 0.15) is 19.8 Å². The molecule has 2 aliphatic rings. The quantitative estimate of drug-likeness (QED) is 0.629. The van der Waals surface area contributed by atoms with Crippen LogP contribution in [0.25, 0.3) is 0 Å². The molecule has 0 amide bonds. The minimum Gasteiger partial charge on any atom is -0.355 e. The third-order valence-electron chi connectivity index (χ3n) is 2.43. The Hall–Kier alpha value is -0.540. The summed E-state index contributed by atoms with van der Waals surface area (Å²) in [4.78, 5) is 2.23. The first-order chi connectivity index (χ1) is 5.86. The van der Waals surface area contributed by atoms with Crippen molar-refractivity contribution in [2.24, 2.45) is 0 Å². The Balaban J connectivity index is 1.91. The van der Waals surface area contributed by atoms with E-state index in [0.717, 1.165) is 19.6 Å². The Kier molecular flexibility index (Phi) is 2.33. The highest BCUT2D eigenvalue weighted by molar-refractivity contribution is 4.91. The summed E-state index contributed by atoms with van der Waals surface area (Å²) in [5, 5.41) is 3.29. The Morgan fingerprint density at radius 1 is 1.50 bits per heavy atom. The van der Waals surface area contributed by atoms with Gasteiger partial charge in [-0.2, -0.15) is 0 Å². The van der Waals surface area contributed by atoms with E-state index in [2.05, 4.69) is 29.4 Å². The summed E-state index contributed by atoms with van der Waals surface area (Å²) in [6, 6.07) is 0. The van der Waals surface area contributed by atoms with Crippen molar-refractivity contribution in [3.8, 4) is 0 Å². The summed E-state index contributed by atoms with van der Waals surface area (Å²) < 4.78 is 5.74. The zero-order valence-electron chi connectivity index (χ0n) is 7.49. The van der Waals surface area contributed by atoms with Gasteiger partial charge in [0, 0.05) is 12.7 Å². The van der Waals surface area contributed by atoms with Crippen LogP contribution in [0.2, 0.25) is 0 Å². The van der Waals surface area contributed by atoms with E-state index in [4.69, 9.17) is 4.74 Å². The van der Waals surface area contributed by atoms with Crippen LogP contribution in [0.3, 0.4) is 0 Å². The van der Waals surface area contributed by atoms with Crippen LogP contribution in [0, 0.1) is 0 Å². The summed E-state index contributed by atoms with van der Waals surface area (Å²) in [6.07, 6.45) is 7.37. The first-order valence-electron chi connectivity index (χ1n) is 4.65. The monoisotopic (exact) mass is 168 g/mol. The molecule has 0 saturated carbocycles. The second-order valence-electron chi connectivity index (χ2n) is 3.49.